The summed E-state index contributed by atoms with van der Waals surface area (Å²) in [4.78, 5) is 0. The van der Waals surface area contributed by atoms with Crippen molar-refractivity contribution in [3.8, 4) is 0 Å². The van der Waals surface area contributed by atoms with Crippen molar-refractivity contribution >= 4 is 23.4 Å². The Kier molecular flexibility index (Phi) is 9.17. The van der Waals surface area contributed by atoms with Crippen molar-refractivity contribution in [2.45, 2.75) is 26.3 Å². The van der Waals surface area contributed by atoms with Gasteiger partial charge in [0.2, 0.25) is 0 Å². The molecule has 11 heavy (non-hydrogen) atoms. The molecule has 1 unspecified atom stereocenters. The van der Waals surface area contributed by atoms with Gasteiger partial charge < -0.3 is 5.32 Å². The number of hydrogen-bond donors (Lipinski definition) is 1. The monoisotopic (exact) mass is 195 g/mol. The highest BCUT2D eigenvalue weighted by atomic mass is 35.5. The highest BCUT2D eigenvalue weighted by Gasteiger charge is 1.97. The maximum atomic E-state index is 5.59. The summed E-state index contributed by atoms with van der Waals surface area (Å²) < 4.78 is 0. The maximum absolute atomic E-state index is 5.59. The van der Waals surface area contributed by atoms with Crippen LogP contribution in [-0.2, 0) is 0 Å². The standard InChI is InChI=1S/C8H18ClNS/c1-3-11-7-6-10-8(2)4-5-9/h8,10H,3-7H2,1-2H3. The summed E-state index contributed by atoms with van der Waals surface area (Å²) in [6, 6.07) is 0.574. The van der Waals surface area contributed by atoms with E-state index >= 15 is 0 Å². The van der Waals surface area contributed by atoms with Gasteiger partial charge >= 0.3 is 0 Å². The first-order chi connectivity index (χ1) is 5.31. The Balaban J connectivity index is 2.97. The van der Waals surface area contributed by atoms with Crippen LogP contribution >= 0.6 is 23.4 Å². The Morgan fingerprint density at radius 3 is 2.82 bits per heavy atom. The molecule has 1 N–H and O–H groups in total. The van der Waals surface area contributed by atoms with Gasteiger partial charge in [-0.15, -0.1) is 11.6 Å². The zero-order valence-corrected chi connectivity index (χ0v) is 8.97. The minimum absolute atomic E-state index is 0.574. The molecule has 0 amide bonds. The summed E-state index contributed by atoms with van der Waals surface area (Å²) >= 11 is 7.56. The molecule has 0 aliphatic heterocycles. The van der Waals surface area contributed by atoms with Crippen LogP contribution in [-0.4, -0.2) is 30.0 Å². The predicted molar refractivity (Wildman–Crippen MR) is 55.8 cm³/mol. The van der Waals surface area contributed by atoms with Crippen LogP contribution in [0.1, 0.15) is 20.3 Å². The lowest BCUT2D eigenvalue weighted by molar-refractivity contribution is 0.558. The van der Waals surface area contributed by atoms with E-state index in [2.05, 4.69) is 19.2 Å². The van der Waals surface area contributed by atoms with E-state index in [1.807, 2.05) is 11.8 Å². The molecule has 1 nitrogen and oxygen atoms in total. The van der Waals surface area contributed by atoms with E-state index in [1.54, 1.807) is 0 Å². The van der Waals surface area contributed by atoms with Crippen molar-refractivity contribution < 1.29 is 0 Å². The molecule has 3 heteroatoms. The summed E-state index contributed by atoms with van der Waals surface area (Å²) in [6.45, 7) is 5.47. The fourth-order valence-electron chi connectivity index (χ4n) is 0.788. The first-order valence-corrected chi connectivity index (χ1v) is 5.87. The highest BCUT2D eigenvalue weighted by molar-refractivity contribution is 7.99. The van der Waals surface area contributed by atoms with Crippen LogP contribution in [0.4, 0.5) is 0 Å². The molecule has 68 valence electrons. The smallest absolute Gasteiger partial charge is 0.0238 e. The van der Waals surface area contributed by atoms with Crippen LogP contribution in [0.5, 0.6) is 0 Å². The lowest BCUT2D eigenvalue weighted by Gasteiger charge is -2.10. The number of halogens is 1. The molecule has 0 saturated carbocycles. The van der Waals surface area contributed by atoms with Crippen LogP contribution < -0.4 is 5.32 Å². The minimum atomic E-state index is 0.574. The van der Waals surface area contributed by atoms with E-state index in [0.29, 0.717) is 6.04 Å². The summed E-state index contributed by atoms with van der Waals surface area (Å²) in [5.74, 6) is 3.18. The second kappa shape index (κ2) is 8.69. The van der Waals surface area contributed by atoms with Gasteiger partial charge in [0.15, 0.2) is 0 Å². The molecule has 0 fully saturated rings. The molecule has 0 aromatic heterocycles. The lowest BCUT2D eigenvalue weighted by atomic mass is 10.3. The topological polar surface area (TPSA) is 12.0 Å². The van der Waals surface area contributed by atoms with Gasteiger partial charge in [-0.2, -0.15) is 11.8 Å². The number of hydrogen-bond acceptors (Lipinski definition) is 2. The van der Waals surface area contributed by atoms with Gasteiger partial charge in [-0.1, -0.05) is 6.92 Å². The van der Waals surface area contributed by atoms with Gasteiger partial charge in [0.05, 0.1) is 0 Å². The molecular formula is C8H18ClNS. The molecule has 0 saturated heterocycles. The van der Waals surface area contributed by atoms with Crippen molar-refractivity contribution in [2.24, 2.45) is 0 Å². The Bertz CT molecular complexity index is 80.5. The van der Waals surface area contributed by atoms with Crippen LogP contribution in [0.3, 0.4) is 0 Å². The van der Waals surface area contributed by atoms with Gasteiger partial charge in [0, 0.05) is 24.2 Å². The normalized spacial score (nSPS) is 13.4. The van der Waals surface area contributed by atoms with Crippen molar-refractivity contribution in [3.05, 3.63) is 0 Å². The Morgan fingerprint density at radius 1 is 1.55 bits per heavy atom. The largest absolute Gasteiger partial charge is 0.313 e. The summed E-state index contributed by atoms with van der Waals surface area (Å²) in [6.07, 6.45) is 1.07. The van der Waals surface area contributed by atoms with Gasteiger partial charge in [-0.25, -0.2) is 0 Å². The third-order valence-electron chi connectivity index (χ3n) is 1.49. The Hall–Kier alpha value is 0.600. The zero-order chi connectivity index (χ0) is 8.53. The van der Waals surface area contributed by atoms with E-state index in [4.69, 9.17) is 11.6 Å². The molecule has 0 aromatic carbocycles. The van der Waals surface area contributed by atoms with Gasteiger partial charge in [0.1, 0.15) is 0 Å². The van der Waals surface area contributed by atoms with Crippen LogP contribution in [0, 0.1) is 0 Å². The van der Waals surface area contributed by atoms with E-state index in [9.17, 15) is 0 Å². The zero-order valence-electron chi connectivity index (χ0n) is 7.40. The highest BCUT2D eigenvalue weighted by Crippen LogP contribution is 1.97. The SMILES string of the molecule is CCSCCNC(C)CCCl. The molecule has 0 bridgehead atoms. The second-order valence-electron chi connectivity index (χ2n) is 2.53. The minimum Gasteiger partial charge on any atom is -0.313 e. The van der Waals surface area contributed by atoms with Crippen LogP contribution in [0.25, 0.3) is 0 Å². The van der Waals surface area contributed by atoms with Crippen molar-refractivity contribution in [2.75, 3.05) is 23.9 Å². The third-order valence-corrected chi connectivity index (χ3v) is 2.60. The molecule has 0 aliphatic rings. The number of rotatable bonds is 7. The second-order valence-corrected chi connectivity index (χ2v) is 4.30. The fourth-order valence-corrected chi connectivity index (χ4v) is 1.67. The molecule has 0 aromatic rings. The van der Waals surface area contributed by atoms with Gasteiger partial charge in [0.25, 0.3) is 0 Å². The first-order valence-electron chi connectivity index (χ1n) is 4.18. The molecule has 0 radical (unpaired) electrons. The third kappa shape index (κ3) is 8.51. The van der Waals surface area contributed by atoms with Crippen molar-refractivity contribution in [3.63, 3.8) is 0 Å². The maximum Gasteiger partial charge on any atom is 0.0238 e. The van der Waals surface area contributed by atoms with Gasteiger partial charge in [-0.3, -0.25) is 0 Å². The molecule has 0 spiro atoms. The van der Waals surface area contributed by atoms with Crippen LogP contribution in [0.15, 0.2) is 0 Å². The number of alkyl halides is 1. The first kappa shape index (κ1) is 11.6. The molecule has 1 atom stereocenters. The van der Waals surface area contributed by atoms with Crippen molar-refractivity contribution in [1.82, 2.24) is 5.32 Å². The van der Waals surface area contributed by atoms with E-state index in [-0.39, 0.29) is 0 Å². The summed E-state index contributed by atoms with van der Waals surface area (Å²) in [7, 11) is 0. The Morgan fingerprint density at radius 2 is 2.27 bits per heavy atom. The number of thioether (sulfide) groups is 1. The van der Waals surface area contributed by atoms with E-state index in [0.717, 1.165) is 18.8 Å². The van der Waals surface area contributed by atoms with E-state index < -0.39 is 0 Å². The average molecular weight is 196 g/mol. The average Bonchev–Trinajstić information content (AvgIpc) is 1.99. The van der Waals surface area contributed by atoms with E-state index in [1.165, 1.54) is 11.5 Å². The predicted octanol–water partition coefficient (Wildman–Crippen LogP) is 2.35. The van der Waals surface area contributed by atoms with Gasteiger partial charge in [-0.05, 0) is 19.1 Å². The fraction of sp³-hybridized carbons (Fsp3) is 1.00. The van der Waals surface area contributed by atoms with Crippen LogP contribution in [0.2, 0.25) is 0 Å². The number of nitrogens with one attached hydrogen (secondary N) is 1. The molecular weight excluding hydrogens is 178 g/mol. The quantitative estimate of drug-likeness (QED) is 0.495. The molecule has 0 heterocycles. The Labute approximate surface area is 79.3 Å². The molecule has 0 rings (SSSR count). The van der Waals surface area contributed by atoms with Crippen molar-refractivity contribution in [1.29, 1.82) is 0 Å². The lowest BCUT2D eigenvalue weighted by Crippen LogP contribution is -2.28. The summed E-state index contributed by atoms with van der Waals surface area (Å²) in [5, 5.41) is 3.41. The summed E-state index contributed by atoms with van der Waals surface area (Å²) in [5.41, 5.74) is 0. The molecule has 0 aliphatic carbocycles.